The van der Waals surface area contributed by atoms with Crippen molar-refractivity contribution < 1.29 is 4.39 Å². The number of fused-ring (bicyclic) bond motifs is 1. The Kier molecular flexibility index (Phi) is 2.19. The van der Waals surface area contributed by atoms with Crippen LogP contribution in [-0.4, -0.2) is 15.0 Å². The number of nitrogens with zero attached hydrogens (tertiary/aromatic N) is 3. The predicted octanol–water partition coefficient (Wildman–Crippen LogP) is 2.29. The number of rotatable bonds is 2. The Morgan fingerprint density at radius 3 is 2.93 bits per heavy atom. The second-order valence-electron chi connectivity index (χ2n) is 3.40. The zero-order valence-corrected chi connectivity index (χ0v) is 8.29. The Bertz CT molecular complexity index is 462. The number of aryl methyl sites for hydroxylation is 2. The van der Waals surface area contributed by atoms with Crippen LogP contribution in [0.2, 0.25) is 0 Å². The van der Waals surface area contributed by atoms with Crippen molar-refractivity contribution in [1.29, 1.82) is 0 Å². The lowest BCUT2D eigenvalue weighted by Crippen LogP contribution is -1.98. The maximum atomic E-state index is 13.3. The van der Waals surface area contributed by atoms with Crippen LogP contribution in [0, 0.1) is 12.7 Å². The van der Waals surface area contributed by atoms with E-state index in [1.165, 1.54) is 6.07 Å². The fraction of sp³-hybridized carbons (Fsp3) is 0.400. The van der Waals surface area contributed by atoms with E-state index in [-0.39, 0.29) is 5.82 Å². The molecule has 0 unspecified atom stereocenters. The molecule has 0 aliphatic carbocycles. The number of halogens is 1. The molecule has 0 N–H and O–H groups in total. The summed E-state index contributed by atoms with van der Waals surface area (Å²) in [5.74, 6) is -0.197. The molecule has 74 valence electrons. The third-order valence-electron chi connectivity index (χ3n) is 2.23. The summed E-state index contributed by atoms with van der Waals surface area (Å²) >= 11 is 0. The smallest absolute Gasteiger partial charge is 0.128 e. The van der Waals surface area contributed by atoms with E-state index in [9.17, 15) is 4.39 Å². The molecular formula is C10H12FN3. The second kappa shape index (κ2) is 3.36. The van der Waals surface area contributed by atoms with E-state index in [1.807, 2.05) is 0 Å². The molecule has 0 bridgehead atoms. The van der Waals surface area contributed by atoms with Crippen LogP contribution in [0.25, 0.3) is 11.0 Å². The highest BCUT2D eigenvalue weighted by molar-refractivity contribution is 5.75. The Balaban J connectivity index is 2.61. The van der Waals surface area contributed by atoms with Gasteiger partial charge >= 0.3 is 0 Å². The molecule has 0 spiro atoms. The molecule has 2 rings (SSSR count). The van der Waals surface area contributed by atoms with Gasteiger partial charge in [0.25, 0.3) is 0 Å². The monoisotopic (exact) mass is 193 g/mol. The minimum Gasteiger partial charge on any atom is -0.245 e. The number of benzene rings is 1. The van der Waals surface area contributed by atoms with Gasteiger partial charge in [-0.05, 0) is 25.0 Å². The number of aromatic nitrogens is 3. The summed E-state index contributed by atoms with van der Waals surface area (Å²) in [6.45, 7) is 4.56. The molecular weight excluding hydrogens is 181 g/mol. The second-order valence-corrected chi connectivity index (χ2v) is 3.40. The van der Waals surface area contributed by atoms with Gasteiger partial charge in [-0.3, -0.25) is 0 Å². The van der Waals surface area contributed by atoms with Crippen molar-refractivity contribution >= 4 is 11.0 Å². The summed E-state index contributed by atoms with van der Waals surface area (Å²) < 4.78 is 15.0. The first-order valence-corrected chi connectivity index (χ1v) is 4.71. The first kappa shape index (κ1) is 9.12. The van der Waals surface area contributed by atoms with E-state index < -0.39 is 0 Å². The summed E-state index contributed by atoms with van der Waals surface area (Å²) in [5, 5.41) is 7.95. The Hall–Kier alpha value is -1.45. The van der Waals surface area contributed by atoms with Gasteiger partial charge in [0.05, 0.1) is 5.52 Å². The lowest BCUT2D eigenvalue weighted by atomic mass is 10.2. The summed E-state index contributed by atoms with van der Waals surface area (Å²) in [6, 6.07) is 3.23. The van der Waals surface area contributed by atoms with Crippen LogP contribution in [0.3, 0.4) is 0 Å². The van der Waals surface area contributed by atoms with Crippen molar-refractivity contribution in [2.45, 2.75) is 26.8 Å². The Morgan fingerprint density at radius 2 is 2.21 bits per heavy atom. The minimum atomic E-state index is -0.197. The van der Waals surface area contributed by atoms with Crippen LogP contribution in [0.1, 0.15) is 18.9 Å². The number of hydrogen-bond donors (Lipinski definition) is 0. The van der Waals surface area contributed by atoms with Gasteiger partial charge in [0, 0.05) is 12.6 Å². The van der Waals surface area contributed by atoms with Crippen LogP contribution in [0.4, 0.5) is 4.39 Å². The zero-order chi connectivity index (χ0) is 10.1. The molecule has 0 aliphatic rings. The molecule has 1 aromatic carbocycles. The quantitative estimate of drug-likeness (QED) is 0.732. The maximum absolute atomic E-state index is 13.3. The Labute approximate surface area is 81.5 Å². The molecule has 0 saturated heterocycles. The average Bonchev–Trinajstić information content (AvgIpc) is 2.51. The van der Waals surface area contributed by atoms with Crippen molar-refractivity contribution in [1.82, 2.24) is 15.0 Å². The molecule has 0 amide bonds. The first-order valence-electron chi connectivity index (χ1n) is 4.71. The van der Waals surface area contributed by atoms with Crippen LogP contribution in [0.5, 0.6) is 0 Å². The molecule has 0 atom stereocenters. The van der Waals surface area contributed by atoms with Crippen LogP contribution in [0.15, 0.2) is 12.1 Å². The lowest BCUT2D eigenvalue weighted by Gasteiger charge is -1.99. The molecule has 0 radical (unpaired) electrons. The van der Waals surface area contributed by atoms with Gasteiger partial charge in [0.1, 0.15) is 11.3 Å². The summed E-state index contributed by atoms with van der Waals surface area (Å²) in [6.07, 6.45) is 0.966. The van der Waals surface area contributed by atoms with Gasteiger partial charge in [-0.25, -0.2) is 9.07 Å². The molecule has 4 heteroatoms. The van der Waals surface area contributed by atoms with Gasteiger partial charge in [0.2, 0.25) is 0 Å². The van der Waals surface area contributed by atoms with Crippen molar-refractivity contribution in [3.63, 3.8) is 0 Å². The van der Waals surface area contributed by atoms with Gasteiger partial charge in [-0.1, -0.05) is 12.1 Å². The van der Waals surface area contributed by atoms with Crippen LogP contribution >= 0.6 is 0 Å². The molecule has 0 fully saturated rings. The van der Waals surface area contributed by atoms with Gasteiger partial charge in [-0.2, -0.15) is 0 Å². The van der Waals surface area contributed by atoms with E-state index in [2.05, 4.69) is 17.2 Å². The molecule has 0 saturated carbocycles. The van der Waals surface area contributed by atoms with E-state index in [4.69, 9.17) is 0 Å². The highest BCUT2D eigenvalue weighted by Crippen LogP contribution is 2.16. The molecule has 2 aromatic rings. The fourth-order valence-electron chi connectivity index (χ4n) is 1.47. The maximum Gasteiger partial charge on any atom is 0.128 e. The van der Waals surface area contributed by atoms with E-state index in [1.54, 1.807) is 17.7 Å². The van der Waals surface area contributed by atoms with Crippen LogP contribution in [-0.2, 0) is 6.54 Å². The van der Waals surface area contributed by atoms with E-state index in [0.717, 1.165) is 24.0 Å². The van der Waals surface area contributed by atoms with Crippen molar-refractivity contribution in [3.05, 3.63) is 23.5 Å². The normalized spacial score (nSPS) is 11.1. The van der Waals surface area contributed by atoms with Gasteiger partial charge < -0.3 is 0 Å². The third-order valence-corrected chi connectivity index (χ3v) is 2.23. The summed E-state index contributed by atoms with van der Waals surface area (Å²) in [5.41, 5.74) is 2.15. The fourth-order valence-corrected chi connectivity index (χ4v) is 1.47. The highest BCUT2D eigenvalue weighted by Gasteiger charge is 2.07. The predicted molar refractivity (Wildman–Crippen MR) is 52.5 cm³/mol. The topological polar surface area (TPSA) is 30.7 Å². The average molecular weight is 193 g/mol. The van der Waals surface area contributed by atoms with Gasteiger partial charge in [-0.15, -0.1) is 5.10 Å². The first-order chi connectivity index (χ1) is 6.72. The standard InChI is InChI=1S/C10H12FN3/c1-3-4-14-10-6-8(11)7(2)5-9(10)12-13-14/h5-6H,3-4H2,1-2H3. The minimum absolute atomic E-state index is 0.197. The van der Waals surface area contributed by atoms with Crippen molar-refractivity contribution in [2.75, 3.05) is 0 Å². The zero-order valence-electron chi connectivity index (χ0n) is 8.29. The molecule has 14 heavy (non-hydrogen) atoms. The van der Waals surface area contributed by atoms with Crippen molar-refractivity contribution in [3.8, 4) is 0 Å². The molecule has 1 heterocycles. The van der Waals surface area contributed by atoms with E-state index in [0.29, 0.717) is 5.56 Å². The van der Waals surface area contributed by atoms with E-state index >= 15 is 0 Å². The van der Waals surface area contributed by atoms with Gasteiger partial charge in [0.15, 0.2) is 0 Å². The van der Waals surface area contributed by atoms with Crippen molar-refractivity contribution in [2.24, 2.45) is 0 Å². The molecule has 1 aromatic heterocycles. The number of hydrogen-bond acceptors (Lipinski definition) is 2. The van der Waals surface area contributed by atoms with Crippen LogP contribution < -0.4 is 0 Å². The third kappa shape index (κ3) is 1.36. The SMILES string of the molecule is CCCn1nnc2cc(C)c(F)cc21. The molecule has 3 nitrogen and oxygen atoms in total. The summed E-state index contributed by atoms with van der Waals surface area (Å²) in [4.78, 5) is 0. The Morgan fingerprint density at radius 1 is 1.43 bits per heavy atom. The summed E-state index contributed by atoms with van der Waals surface area (Å²) in [7, 11) is 0. The lowest BCUT2D eigenvalue weighted by molar-refractivity contribution is 0.590. The molecule has 0 aliphatic heterocycles. The highest BCUT2D eigenvalue weighted by atomic mass is 19.1. The largest absolute Gasteiger partial charge is 0.245 e.